The summed E-state index contributed by atoms with van der Waals surface area (Å²) in [5.41, 5.74) is 0.930. The second kappa shape index (κ2) is 3.21. The molecule has 2 heterocycles. The molecule has 1 saturated carbocycles. The van der Waals surface area contributed by atoms with Gasteiger partial charge in [-0.3, -0.25) is 4.79 Å². The van der Waals surface area contributed by atoms with Crippen LogP contribution in [0.25, 0.3) is 0 Å². The molecule has 5 heteroatoms. The van der Waals surface area contributed by atoms with E-state index in [2.05, 4.69) is 9.98 Å². The molecule has 0 N–H and O–H groups in total. The highest BCUT2D eigenvalue weighted by Crippen LogP contribution is 2.38. The van der Waals surface area contributed by atoms with Gasteiger partial charge in [0, 0.05) is 18.6 Å². The number of carbonyl (C=O) groups is 1. The van der Waals surface area contributed by atoms with Gasteiger partial charge in [-0.1, -0.05) is 0 Å². The fourth-order valence-electron chi connectivity index (χ4n) is 2.42. The average Bonchev–Trinajstić information content (AvgIpc) is 2.68. The predicted molar refractivity (Wildman–Crippen MR) is 52.9 cm³/mol. The Morgan fingerprint density at radius 2 is 2.20 bits per heavy atom. The molecule has 1 saturated heterocycles. The number of nitrogens with zero attached hydrogens (tertiary/aromatic N) is 2. The Morgan fingerprint density at radius 3 is 3.00 bits per heavy atom. The van der Waals surface area contributed by atoms with Crippen LogP contribution in [0.4, 0.5) is 0 Å². The number of hydrogen-bond acceptors (Lipinski definition) is 4. The zero-order valence-electron chi connectivity index (χ0n) is 8.31. The second-order valence-electron chi connectivity index (χ2n) is 4.07. The third kappa shape index (κ3) is 1.42. The highest BCUT2D eigenvalue weighted by molar-refractivity contribution is 6.12. The summed E-state index contributed by atoms with van der Waals surface area (Å²) in [7, 11) is 0. The Hall–Kier alpha value is -1.07. The van der Waals surface area contributed by atoms with Crippen molar-refractivity contribution in [2.45, 2.75) is 25.0 Å². The number of hydrogen-bond donors (Lipinski definition) is 0. The minimum atomic E-state index is -0.536. The van der Waals surface area contributed by atoms with Gasteiger partial charge in [-0.2, -0.15) is 0 Å². The molecule has 1 spiro atoms. The van der Waals surface area contributed by atoms with Crippen molar-refractivity contribution < 1.29 is 14.3 Å². The van der Waals surface area contributed by atoms with E-state index in [1.54, 1.807) is 0 Å². The summed E-state index contributed by atoms with van der Waals surface area (Å²) in [5, 5.41) is 0. The van der Waals surface area contributed by atoms with Crippen molar-refractivity contribution in [1.29, 1.82) is 0 Å². The number of rotatable bonds is 0. The lowest BCUT2D eigenvalue weighted by Gasteiger charge is -2.36. The summed E-state index contributed by atoms with van der Waals surface area (Å²) < 4.78 is 11.2. The van der Waals surface area contributed by atoms with Gasteiger partial charge < -0.3 is 9.47 Å². The van der Waals surface area contributed by atoms with E-state index in [1.165, 1.54) is 6.34 Å². The summed E-state index contributed by atoms with van der Waals surface area (Å²) in [6.07, 6.45) is 3.48. The molecular formula is C10H12N2O3. The first kappa shape index (κ1) is 9.18. The molecule has 2 aliphatic heterocycles. The van der Waals surface area contributed by atoms with Gasteiger partial charge in [-0.05, 0) is 6.42 Å². The van der Waals surface area contributed by atoms with Crippen molar-refractivity contribution in [1.82, 2.24) is 0 Å². The maximum absolute atomic E-state index is 11.6. The molecule has 1 aliphatic carbocycles. The predicted octanol–water partition coefficient (Wildman–Crippen LogP) is 0.539. The number of ether oxygens (including phenoxy) is 2. The molecule has 3 rings (SSSR count). The first-order chi connectivity index (χ1) is 7.29. The molecule has 5 nitrogen and oxygen atoms in total. The second-order valence-corrected chi connectivity index (χ2v) is 4.07. The topological polar surface area (TPSA) is 60.2 Å². The molecule has 1 atom stereocenters. The van der Waals surface area contributed by atoms with Crippen LogP contribution in [0, 0.1) is 5.92 Å². The minimum Gasteiger partial charge on any atom is -0.347 e. The fraction of sp³-hybridized carbons (Fsp3) is 0.700. The van der Waals surface area contributed by atoms with Crippen LogP contribution in [0.2, 0.25) is 0 Å². The molecular weight excluding hydrogens is 196 g/mol. The zero-order chi connectivity index (χ0) is 10.3. The normalized spacial score (nSPS) is 32.9. The number of fused-ring (bicyclic) bond motifs is 1. The van der Waals surface area contributed by atoms with E-state index in [9.17, 15) is 4.79 Å². The molecule has 1 unspecified atom stereocenters. The molecule has 0 radical (unpaired) electrons. The average molecular weight is 208 g/mol. The lowest BCUT2D eigenvalue weighted by atomic mass is 9.82. The lowest BCUT2D eigenvalue weighted by molar-refractivity contribution is -0.176. The van der Waals surface area contributed by atoms with Crippen molar-refractivity contribution in [3.63, 3.8) is 0 Å². The van der Waals surface area contributed by atoms with Crippen LogP contribution in [0.5, 0.6) is 0 Å². The molecule has 0 aromatic carbocycles. The smallest absolute Gasteiger partial charge is 0.256 e. The molecule has 0 bridgehead atoms. The maximum Gasteiger partial charge on any atom is 0.256 e. The first-order valence-electron chi connectivity index (χ1n) is 5.20. The van der Waals surface area contributed by atoms with Gasteiger partial charge in [0.1, 0.15) is 6.34 Å². The van der Waals surface area contributed by atoms with Crippen LogP contribution in [0.15, 0.2) is 9.98 Å². The van der Waals surface area contributed by atoms with Crippen molar-refractivity contribution >= 4 is 18.0 Å². The van der Waals surface area contributed by atoms with E-state index in [4.69, 9.17) is 9.47 Å². The highest BCUT2D eigenvalue weighted by atomic mass is 16.7. The van der Waals surface area contributed by atoms with Gasteiger partial charge in [0.2, 0.25) is 0 Å². The van der Waals surface area contributed by atoms with Gasteiger partial charge in [0.15, 0.2) is 5.79 Å². The fourth-order valence-corrected chi connectivity index (χ4v) is 2.42. The summed E-state index contributed by atoms with van der Waals surface area (Å²) in [6, 6.07) is 0. The Kier molecular flexibility index (Phi) is 1.97. The number of aliphatic imine (C=N–C) groups is 2. The maximum atomic E-state index is 11.6. The van der Waals surface area contributed by atoms with E-state index in [0.717, 1.165) is 18.6 Å². The molecule has 1 amide bonds. The Bertz CT molecular complexity index is 356. The summed E-state index contributed by atoms with van der Waals surface area (Å²) >= 11 is 0. The third-order valence-electron chi connectivity index (χ3n) is 3.20. The molecule has 3 aliphatic rings. The molecule has 80 valence electrons. The standard InChI is InChI=1S/C10H12N2O3/c13-9-7-5-10(14-3-4-15-10)2-1-8(7)11-6-12-9/h6-7H,1-5H2. The van der Waals surface area contributed by atoms with Gasteiger partial charge in [0.25, 0.3) is 5.91 Å². The van der Waals surface area contributed by atoms with E-state index in [1.807, 2.05) is 0 Å². The minimum absolute atomic E-state index is 0.113. The van der Waals surface area contributed by atoms with E-state index < -0.39 is 5.79 Å². The molecule has 15 heavy (non-hydrogen) atoms. The Balaban J connectivity index is 1.85. The van der Waals surface area contributed by atoms with Gasteiger partial charge in [0.05, 0.1) is 19.1 Å². The van der Waals surface area contributed by atoms with Crippen molar-refractivity contribution in [3.8, 4) is 0 Å². The highest BCUT2D eigenvalue weighted by Gasteiger charge is 2.46. The largest absolute Gasteiger partial charge is 0.347 e. The Morgan fingerprint density at radius 1 is 1.40 bits per heavy atom. The summed E-state index contributed by atoms with van der Waals surface area (Å²) in [5.74, 6) is -0.869. The molecule has 0 aromatic heterocycles. The van der Waals surface area contributed by atoms with Crippen LogP contribution >= 0.6 is 0 Å². The van der Waals surface area contributed by atoms with Crippen molar-refractivity contribution in [2.24, 2.45) is 15.9 Å². The summed E-state index contributed by atoms with van der Waals surface area (Å²) in [4.78, 5) is 19.4. The van der Waals surface area contributed by atoms with E-state index in [-0.39, 0.29) is 11.8 Å². The number of amides is 1. The van der Waals surface area contributed by atoms with Gasteiger partial charge in [-0.25, -0.2) is 9.98 Å². The molecule has 2 fully saturated rings. The molecule has 0 aromatic rings. The first-order valence-corrected chi connectivity index (χ1v) is 5.20. The van der Waals surface area contributed by atoms with Crippen LogP contribution in [0.3, 0.4) is 0 Å². The van der Waals surface area contributed by atoms with Gasteiger partial charge >= 0.3 is 0 Å². The van der Waals surface area contributed by atoms with E-state index >= 15 is 0 Å². The van der Waals surface area contributed by atoms with E-state index in [0.29, 0.717) is 19.6 Å². The van der Waals surface area contributed by atoms with Gasteiger partial charge in [-0.15, -0.1) is 0 Å². The van der Waals surface area contributed by atoms with Crippen molar-refractivity contribution in [2.75, 3.05) is 13.2 Å². The number of carbonyl (C=O) groups excluding carboxylic acids is 1. The van der Waals surface area contributed by atoms with Crippen molar-refractivity contribution in [3.05, 3.63) is 0 Å². The third-order valence-corrected chi connectivity index (χ3v) is 3.20. The SMILES string of the molecule is O=C1N=CN=C2CCC3(CC12)OCCO3. The summed E-state index contributed by atoms with van der Waals surface area (Å²) in [6.45, 7) is 1.24. The van der Waals surface area contributed by atoms with Crippen LogP contribution < -0.4 is 0 Å². The monoisotopic (exact) mass is 208 g/mol. The van der Waals surface area contributed by atoms with Crippen LogP contribution in [-0.4, -0.2) is 37.0 Å². The quantitative estimate of drug-likeness (QED) is 0.583. The zero-order valence-corrected chi connectivity index (χ0v) is 8.31. The van der Waals surface area contributed by atoms with Crippen LogP contribution in [-0.2, 0) is 14.3 Å². The Labute approximate surface area is 87.2 Å². The van der Waals surface area contributed by atoms with Crippen LogP contribution in [0.1, 0.15) is 19.3 Å². The lowest BCUT2D eigenvalue weighted by Crippen LogP contribution is -2.44.